The van der Waals surface area contributed by atoms with E-state index in [1.165, 1.54) is 19.3 Å². The average Bonchev–Trinajstić information content (AvgIpc) is 2.91. The molecular formula is C21H32N2O4S. The Morgan fingerprint density at radius 1 is 1.14 bits per heavy atom. The molecule has 0 radical (unpaired) electrons. The van der Waals surface area contributed by atoms with Crippen molar-refractivity contribution in [2.45, 2.75) is 71.6 Å². The third-order valence-electron chi connectivity index (χ3n) is 9.41. The summed E-state index contributed by atoms with van der Waals surface area (Å²) < 4.78 is 33.2. The van der Waals surface area contributed by atoms with Gasteiger partial charge in [-0.05, 0) is 86.9 Å². The smallest absolute Gasteiger partial charge is 0.265 e. The maximum atomic E-state index is 13.2. The number of carbonyl (C=O) groups is 1. The number of rotatable bonds is 4. The highest BCUT2D eigenvalue weighted by molar-refractivity contribution is 7.85. The van der Waals surface area contributed by atoms with E-state index in [1.54, 1.807) is 0 Å². The molecule has 0 aromatic rings. The summed E-state index contributed by atoms with van der Waals surface area (Å²) in [6, 6.07) is 0. The number of hydrazone groups is 1. The molecule has 156 valence electrons. The van der Waals surface area contributed by atoms with Gasteiger partial charge in [-0.25, -0.2) is 5.43 Å². The van der Waals surface area contributed by atoms with E-state index < -0.39 is 15.5 Å². The third kappa shape index (κ3) is 2.64. The van der Waals surface area contributed by atoms with Gasteiger partial charge in [-0.1, -0.05) is 13.8 Å². The largest absolute Gasteiger partial charge is 0.286 e. The van der Waals surface area contributed by atoms with Crippen LogP contribution in [0, 0.1) is 39.9 Å². The molecule has 0 unspecified atom stereocenters. The Morgan fingerprint density at radius 3 is 2.21 bits per heavy atom. The van der Waals surface area contributed by atoms with Gasteiger partial charge in [0, 0.05) is 11.1 Å². The zero-order valence-electron chi connectivity index (χ0n) is 16.9. The molecule has 1 amide bonds. The van der Waals surface area contributed by atoms with Gasteiger partial charge in [-0.3, -0.25) is 9.35 Å². The summed E-state index contributed by atoms with van der Waals surface area (Å²) >= 11 is 0. The Kier molecular flexibility index (Phi) is 3.95. The van der Waals surface area contributed by atoms with Gasteiger partial charge in [-0.2, -0.15) is 13.5 Å². The van der Waals surface area contributed by atoms with E-state index in [9.17, 15) is 17.8 Å². The fourth-order valence-electron chi connectivity index (χ4n) is 8.23. The van der Waals surface area contributed by atoms with Gasteiger partial charge in [0.25, 0.3) is 10.1 Å². The summed E-state index contributed by atoms with van der Waals surface area (Å²) in [6.07, 6.45) is 9.18. The minimum absolute atomic E-state index is 0.0432. The summed E-state index contributed by atoms with van der Waals surface area (Å²) in [5.74, 6) is 2.17. The number of hydrogen-bond acceptors (Lipinski definition) is 4. The fraction of sp³-hybridized carbons (Fsp3) is 0.905. The second-order valence-electron chi connectivity index (χ2n) is 11.2. The predicted octanol–water partition coefficient (Wildman–Crippen LogP) is 3.39. The molecular weight excluding hydrogens is 376 g/mol. The molecule has 6 bridgehead atoms. The van der Waals surface area contributed by atoms with Crippen LogP contribution in [0.15, 0.2) is 5.10 Å². The van der Waals surface area contributed by atoms with Crippen molar-refractivity contribution in [2.24, 2.45) is 45.0 Å². The van der Waals surface area contributed by atoms with Gasteiger partial charge in [0.1, 0.15) is 0 Å². The van der Waals surface area contributed by atoms with Gasteiger partial charge in [0.15, 0.2) is 0 Å². The zero-order chi connectivity index (χ0) is 19.9. The summed E-state index contributed by atoms with van der Waals surface area (Å²) in [7, 11) is -4.12. The van der Waals surface area contributed by atoms with Crippen molar-refractivity contribution < 1.29 is 17.8 Å². The lowest BCUT2D eigenvalue weighted by atomic mass is 9.49. The molecule has 0 heterocycles. The molecule has 6 fully saturated rings. The summed E-state index contributed by atoms with van der Waals surface area (Å²) in [5.41, 5.74) is 2.48. The molecule has 6 saturated carbocycles. The van der Waals surface area contributed by atoms with Crippen LogP contribution in [0.1, 0.15) is 71.6 Å². The third-order valence-corrected chi connectivity index (χ3v) is 10.3. The van der Waals surface area contributed by atoms with Crippen molar-refractivity contribution in [3.8, 4) is 0 Å². The van der Waals surface area contributed by atoms with Crippen LogP contribution in [0.2, 0.25) is 0 Å². The summed E-state index contributed by atoms with van der Waals surface area (Å²) in [4.78, 5) is 13.2. The molecule has 2 N–H and O–H groups in total. The number of amides is 1. The maximum Gasteiger partial charge on any atom is 0.265 e. The number of nitrogens with zero attached hydrogens (tertiary/aromatic N) is 1. The molecule has 0 aliphatic heterocycles. The van der Waals surface area contributed by atoms with E-state index in [0.29, 0.717) is 36.5 Å². The molecule has 6 aliphatic rings. The summed E-state index contributed by atoms with van der Waals surface area (Å²) in [5, 5.41) is 4.56. The molecule has 0 spiro atoms. The van der Waals surface area contributed by atoms with Crippen LogP contribution < -0.4 is 5.43 Å². The number of hydrogen-bond donors (Lipinski definition) is 2. The van der Waals surface area contributed by atoms with Crippen LogP contribution in [0.3, 0.4) is 0 Å². The van der Waals surface area contributed by atoms with Crippen molar-refractivity contribution in [1.29, 1.82) is 0 Å². The van der Waals surface area contributed by atoms with Gasteiger partial charge in [0.2, 0.25) is 5.91 Å². The van der Waals surface area contributed by atoms with Crippen LogP contribution in [-0.4, -0.2) is 30.3 Å². The van der Waals surface area contributed by atoms with Gasteiger partial charge in [-0.15, -0.1) is 0 Å². The lowest BCUT2D eigenvalue weighted by Gasteiger charge is -2.55. The minimum Gasteiger partial charge on any atom is -0.286 e. The second kappa shape index (κ2) is 5.81. The summed E-state index contributed by atoms with van der Waals surface area (Å²) in [6.45, 7) is 4.17. The van der Waals surface area contributed by atoms with E-state index in [2.05, 4.69) is 24.4 Å². The molecule has 2 atom stereocenters. The van der Waals surface area contributed by atoms with Crippen LogP contribution in [0.4, 0.5) is 0 Å². The monoisotopic (exact) mass is 408 g/mol. The molecule has 6 rings (SSSR count). The minimum atomic E-state index is -4.12. The van der Waals surface area contributed by atoms with E-state index in [-0.39, 0.29) is 22.5 Å². The fourth-order valence-corrected chi connectivity index (χ4v) is 9.53. The van der Waals surface area contributed by atoms with E-state index >= 15 is 0 Å². The van der Waals surface area contributed by atoms with Crippen LogP contribution in [0.25, 0.3) is 0 Å². The highest BCUT2D eigenvalue weighted by Gasteiger charge is 2.64. The number of carbonyl (C=O) groups excluding carboxylic acids is 1. The zero-order valence-corrected chi connectivity index (χ0v) is 17.7. The Labute approximate surface area is 167 Å². The molecule has 0 saturated heterocycles. The Balaban J connectivity index is 1.40. The Bertz CT molecular complexity index is 811. The number of nitrogens with one attached hydrogen (secondary N) is 1. The van der Waals surface area contributed by atoms with Crippen molar-refractivity contribution in [3.05, 3.63) is 0 Å². The average molecular weight is 409 g/mol. The van der Waals surface area contributed by atoms with E-state index in [0.717, 1.165) is 31.4 Å². The molecule has 28 heavy (non-hydrogen) atoms. The standard InChI is InChI=1S/C21H32N2O4S/c1-19(2)16-3-4-21(19,12-28(25,26)27)17(8-16)22-23-18(24)20-9-13-5-14(10-20)7-15(6-13)11-20/h13-16H,3-12H2,1-2H3,(H,23,24)(H,25,26,27)/b22-17-/t13?,14?,15?,16-,20?,21+/m1/s1. The van der Waals surface area contributed by atoms with Gasteiger partial charge < -0.3 is 0 Å². The van der Waals surface area contributed by atoms with Crippen molar-refractivity contribution >= 4 is 21.7 Å². The highest BCUT2D eigenvalue weighted by Crippen LogP contribution is 2.65. The van der Waals surface area contributed by atoms with Crippen molar-refractivity contribution in [3.63, 3.8) is 0 Å². The van der Waals surface area contributed by atoms with E-state index in [1.807, 2.05) is 0 Å². The SMILES string of the molecule is CC1(C)[C@@H]2CC[C@]1(CS(=O)(=O)O)/C(=N\NC(=O)C13CC4CC(CC(C4)C1)C3)C2. The lowest BCUT2D eigenvalue weighted by Crippen LogP contribution is -2.53. The molecule has 6 nitrogen and oxygen atoms in total. The quantitative estimate of drug-likeness (QED) is 0.550. The van der Waals surface area contributed by atoms with Gasteiger partial charge in [0.05, 0.1) is 11.2 Å². The maximum absolute atomic E-state index is 13.2. The topological polar surface area (TPSA) is 95.8 Å². The van der Waals surface area contributed by atoms with Crippen LogP contribution in [0.5, 0.6) is 0 Å². The molecule has 0 aromatic heterocycles. The van der Waals surface area contributed by atoms with Crippen LogP contribution in [-0.2, 0) is 14.9 Å². The second-order valence-corrected chi connectivity index (χ2v) is 12.6. The van der Waals surface area contributed by atoms with Crippen molar-refractivity contribution in [1.82, 2.24) is 5.43 Å². The van der Waals surface area contributed by atoms with Crippen molar-refractivity contribution in [2.75, 3.05) is 5.75 Å². The van der Waals surface area contributed by atoms with Gasteiger partial charge >= 0.3 is 0 Å². The highest BCUT2D eigenvalue weighted by atomic mass is 32.2. The molecule has 7 heteroatoms. The first kappa shape index (κ1) is 19.0. The first-order chi connectivity index (χ1) is 13.0. The molecule has 6 aliphatic carbocycles. The first-order valence-electron chi connectivity index (χ1n) is 10.9. The normalized spacial score (nSPS) is 47.0. The van der Waals surface area contributed by atoms with E-state index in [4.69, 9.17) is 0 Å². The molecule has 0 aromatic carbocycles. The Morgan fingerprint density at radius 2 is 1.71 bits per heavy atom. The number of fused-ring (bicyclic) bond motifs is 2. The lowest BCUT2D eigenvalue weighted by molar-refractivity contribution is -0.146. The predicted molar refractivity (Wildman–Crippen MR) is 106 cm³/mol. The van der Waals surface area contributed by atoms with Crippen LogP contribution >= 0.6 is 0 Å². The Hall–Kier alpha value is -0.950. The first-order valence-corrected chi connectivity index (χ1v) is 12.5.